The fourth-order valence-electron chi connectivity index (χ4n) is 2.72. The quantitative estimate of drug-likeness (QED) is 0.793. The van der Waals surface area contributed by atoms with Gasteiger partial charge in [-0.05, 0) is 31.2 Å². The highest BCUT2D eigenvalue weighted by atomic mass is 16.5. The zero-order valence-corrected chi connectivity index (χ0v) is 14.1. The number of esters is 1. The van der Waals surface area contributed by atoms with Crippen molar-refractivity contribution in [3.05, 3.63) is 29.8 Å². The lowest BCUT2D eigenvalue weighted by atomic mass is 10.1. The Hall–Kier alpha value is -2.41. The third kappa shape index (κ3) is 4.11. The van der Waals surface area contributed by atoms with E-state index < -0.39 is 11.9 Å². The van der Waals surface area contributed by atoms with E-state index in [4.69, 9.17) is 4.74 Å². The van der Waals surface area contributed by atoms with Gasteiger partial charge in [-0.2, -0.15) is 0 Å². The van der Waals surface area contributed by atoms with E-state index in [1.54, 1.807) is 36.3 Å². The predicted molar refractivity (Wildman–Crippen MR) is 87.6 cm³/mol. The van der Waals surface area contributed by atoms with Crippen LogP contribution in [0.4, 0.5) is 5.69 Å². The van der Waals surface area contributed by atoms with Crippen molar-refractivity contribution in [3.63, 3.8) is 0 Å². The van der Waals surface area contributed by atoms with Gasteiger partial charge >= 0.3 is 5.97 Å². The number of nitrogens with zero attached hydrogens (tertiary/aromatic N) is 1. The van der Waals surface area contributed by atoms with E-state index in [1.165, 1.54) is 7.11 Å². The Bertz CT molecular complexity index is 614. The second-order valence-electron chi connectivity index (χ2n) is 5.81. The van der Waals surface area contributed by atoms with E-state index in [1.807, 2.05) is 6.92 Å². The first-order chi connectivity index (χ1) is 11.5. The second kappa shape index (κ2) is 7.92. The fourth-order valence-corrected chi connectivity index (χ4v) is 2.72. The summed E-state index contributed by atoms with van der Waals surface area (Å²) in [6, 6.07) is 6.36. The van der Waals surface area contributed by atoms with Crippen LogP contribution in [0.25, 0.3) is 0 Å². The van der Waals surface area contributed by atoms with Gasteiger partial charge in [-0.3, -0.25) is 9.59 Å². The molecule has 0 spiro atoms. The number of amides is 2. The molecule has 2 rings (SSSR count). The van der Waals surface area contributed by atoms with E-state index in [0.29, 0.717) is 24.4 Å². The Labute approximate surface area is 140 Å². The van der Waals surface area contributed by atoms with Crippen molar-refractivity contribution in [2.24, 2.45) is 5.92 Å². The van der Waals surface area contributed by atoms with Gasteiger partial charge in [0.15, 0.2) is 0 Å². The molecule has 7 heteroatoms. The van der Waals surface area contributed by atoms with Gasteiger partial charge in [-0.1, -0.05) is 0 Å². The van der Waals surface area contributed by atoms with Gasteiger partial charge in [0.2, 0.25) is 11.8 Å². The van der Waals surface area contributed by atoms with Crippen molar-refractivity contribution in [2.45, 2.75) is 19.4 Å². The molecule has 2 atom stereocenters. The molecule has 1 aromatic carbocycles. The highest BCUT2D eigenvalue weighted by Crippen LogP contribution is 2.22. The van der Waals surface area contributed by atoms with Gasteiger partial charge in [-0.25, -0.2) is 4.79 Å². The molecule has 2 amide bonds. The molecule has 1 heterocycles. The molecule has 1 fully saturated rings. The molecular formula is C17H22N2O5. The molecule has 1 aromatic rings. The molecule has 1 N–H and O–H groups in total. The summed E-state index contributed by atoms with van der Waals surface area (Å²) in [5.74, 6) is -1.07. The lowest BCUT2D eigenvalue weighted by Crippen LogP contribution is -2.38. The molecule has 0 aliphatic carbocycles. The molecule has 1 saturated heterocycles. The number of nitrogens with one attached hydrogen (secondary N) is 1. The van der Waals surface area contributed by atoms with Crippen molar-refractivity contribution in [2.75, 3.05) is 32.7 Å². The topological polar surface area (TPSA) is 84.9 Å². The van der Waals surface area contributed by atoms with Gasteiger partial charge in [0.25, 0.3) is 0 Å². The minimum Gasteiger partial charge on any atom is -0.465 e. The summed E-state index contributed by atoms with van der Waals surface area (Å²) in [6.45, 7) is 2.72. The van der Waals surface area contributed by atoms with E-state index in [9.17, 15) is 14.4 Å². The summed E-state index contributed by atoms with van der Waals surface area (Å²) in [7, 11) is 2.89. The summed E-state index contributed by atoms with van der Waals surface area (Å²) in [6.07, 6.45) is 0.195. The van der Waals surface area contributed by atoms with Crippen molar-refractivity contribution < 1.29 is 23.9 Å². The standard InChI is InChI=1S/C17H22N2O5/c1-11(10-23-2)19-9-13(8-15(19)20)16(21)18-14-6-4-12(5-7-14)17(22)24-3/h4-7,11,13H,8-10H2,1-3H3,(H,18,21)/t11-,13-/m0/s1. The SMILES string of the molecule is COC[C@H](C)N1C[C@@H](C(=O)Nc2ccc(C(=O)OC)cc2)CC1=O. The van der Waals surface area contributed by atoms with Gasteiger partial charge < -0.3 is 19.7 Å². The maximum atomic E-state index is 12.3. The molecule has 130 valence electrons. The van der Waals surface area contributed by atoms with Crippen LogP contribution in [0.2, 0.25) is 0 Å². The third-order valence-corrected chi connectivity index (χ3v) is 4.04. The summed E-state index contributed by atoms with van der Waals surface area (Å²) in [4.78, 5) is 37.5. The minimum absolute atomic E-state index is 0.0410. The fraction of sp³-hybridized carbons (Fsp3) is 0.471. The van der Waals surface area contributed by atoms with Crippen LogP contribution in [0.1, 0.15) is 23.7 Å². The van der Waals surface area contributed by atoms with Crippen molar-refractivity contribution in [1.29, 1.82) is 0 Å². The first-order valence-corrected chi connectivity index (χ1v) is 7.74. The van der Waals surface area contributed by atoms with Crippen LogP contribution < -0.4 is 5.32 Å². The minimum atomic E-state index is -0.433. The van der Waals surface area contributed by atoms with Crippen LogP contribution in [0.3, 0.4) is 0 Å². The monoisotopic (exact) mass is 334 g/mol. The largest absolute Gasteiger partial charge is 0.465 e. The van der Waals surface area contributed by atoms with Crippen LogP contribution in [0.15, 0.2) is 24.3 Å². The normalized spacial score (nSPS) is 18.4. The van der Waals surface area contributed by atoms with Crippen molar-refractivity contribution in [1.82, 2.24) is 4.90 Å². The average molecular weight is 334 g/mol. The Morgan fingerprint density at radius 1 is 1.29 bits per heavy atom. The first kappa shape index (κ1) is 17.9. The number of carbonyl (C=O) groups excluding carboxylic acids is 3. The molecule has 1 aliphatic rings. The molecule has 0 bridgehead atoms. The van der Waals surface area contributed by atoms with E-state index in [0.717, 1.165) is 0 Å². The zero-order valence-electron chi connectivity index (χ0n) is 14.1. The second-order valence-corrected chi connectivity index (χ2v) is 5.81. The number of hydrogen-bond acceptors (Lipinski definition) is 5. The number of rotatable bonds is 6. The van der Waals surface area contributed by atoms with Crippen LogP contribution in [0.5, 0.6) is 0 Å². The van der Waals surface area contributed by atoms with E-state index in [-0.39, 0.29) is 24.3 Å². The van der Waals surface area contributed by atoms with Crippen LogP contribution in [-0.2, 0) is 19.1 Å². The molecule has 0 aromatic heterocycles. The van der Waals surface area contributed by atoms with Gasteiger partial charge in [-0.15, -0.1) is 0 Å². The van der Waals surface area contributed by atoms with Crippen molar-refractivity contribution in [3.8, 4) is 0 Å². The number of anilines is 1. The number of hydrogen-bond donors (Lipinski definition) is 1. The highest BCUT2D eigenvalue weighted by Gasteiger charge is 2.36. The smallest absolute Gasteiger partial charge is 0.337 e. The third-order valence-electron chi connectivity index (χ3n) is 4.04. The number of ether oxygens (including phenoxy) is 2. The lowest BCUT2D eigenvalue weighted by Gasteiger charge is -2.23. The van der Waals surface area contributed by atoms with E-state index in [2.05, 4.69) is 10.1 Å². The van der Waals surface area contributed by atoms with Gasteiger partial charge in [0, 0.05) is 25.8 Å². The van der Waals surface area contributed by atoms with Crippen molar-refractivity contribution >= 4 is 23.5 Å². The molecule has 0 radical (unpaired) electrons. The molecule has 0 saturated carbocycles. The van der Waals surface area contributed by atoms with Crippen LogP contribution in [-0.4, -0.2) is 56.1 Å². The Balaban J connectivity index is 1.95. The molecular weight excluding hydrogens is 312 g/mol. The molecule has 7 nitrogen and oxygen atoms in total. The zero-order chi connectivity index (χ0) is 17.7. The Morgan fingerprint density at radius 2 is 1.96 bits per heavy atom. The summed E-state index contributed by atoms with van der Waals surface area (Å²) < 4.78 is 9.69. The Kier molecular flexibility index (Phi) is 5.92. The summed E-state index contributed by atoms with van der Waals surface area (Å²) in [5, 5.41) is 2.78. The molecule has 24 heavy (non-hydrogen) atoms. The Morgan fingerprint density at radius 3 is 2.54 bits per heavy atom. The van der Waals surface area contributed by atoms with Gasteiger partial charge in [0.1, 0.15) is 0 Å². The molecule has 1 aliphatic heterocycles. The summed E-state index contributed by atoms with van der Waals surface area (Å²) in [5.41, 5.74) is 0.981. The van der Waals surface area contributed by atoms with Crippen LogP contribution in [0, 0.1) is 5.92 Å². The maximum Gasteiger partial charge on any atom is 0.337 e. The highest BCUT2D eigenvalue weighted by molar-refractivity contribution is 5.97. The first-order valence-electron chi connectivity index (χ1n) is 7.74. The predicted octanol–water partition coefficient (Wildman–Crippen LogP) is 1.30. The molecule has 0 unspecified atom stereocenters. The van der Waals surface area contributed by atoms with Crippen LogP contribution >= 0.6 is 0 Å². The summed E-state index contributed by atoms with van der Waals surface area (Å²) >= 11 is 0. The average Bonchev–Trinajstić information content (AvgIpc) is 2.97. The number of methoxy groups -OCH3 is 2. The maximum absolute atomic E-state index is 12.3. The van der Waals surface area contributed by atoms with Gasteiger partial charge in [0.05, 0.1) is 31.2 Å². The number of benzene rings is 1. The number of likely N-dealkylation sites (tertiary alicyclic amines) is 1. The number of carbonyl (C=O) groups is 3. The van der Waals surface area contributed by atoms with E-state index >= 15 is 0 Å². The lowest BCUT2D eigenvalue weighted by molar-refractivity contribution is -0.130.